The van der Waals surface area contributed by atoms with E-state index in [2.05, 4.69) is 0 Å². The number of phenolic OH excluding ortho intramolecular Hbond substituents is 1. The maximum Gasteiger partial charge on any atom is 0.185 e. The predicted octanol–water partition coefficient (Wildman–Crippen LogP) is 2.57. The number of furan rings is 1. The first-order valence-corrected chi connectivity index (χ1v) is 4.31. The fourth-order valence-corrected chi connectivity index (χ4v) is 1.50. The highest BCUT2D eigenvalue weighted by Gasteiger charge is 2.10. The third-order valence-electron chi connectivity index (χ3n) is 2.48. The molecule has 1 aromatic heterocycles. The molecule has 0 aliphatic carbocycles. The minimum atomic E-state index is 0.230. The van der Waals surface area contributed by atoms with E-state index in [-0.39, 0.29) is 11.5 Å². The van der Waals surface area contributed by atoms with Crippen LogP contribution in [0.1, 0.15) is 21.7 Å². The van der Waals surface area contributed by atoms with Crippen molar-refractivity contribution in [3.8, 4) is 5.75 Å². The lowest BCUT2D eigenvalue weighted by molar-refractivity contribution is 0.110. The molecule has 0 saturated heterocycles. The molecule has 0 aliphatic heterocycles. The van der Waals surface area contributed by atoms with Crippen molar-refractivity contribution in [2.24, 2.45) is 0 Å². The molecule has 0 bridgehead atoms. The van der Waals surface area contributed by atoms with Crippen LogP contribution in [-0.4, -0.2) is 11.4 Å². The molecule has 0 atom stereocenters. The van der Waals surface area contributed by atoms with E-state index in [1.165, 1.54) is 0 Å². The molecule has 2 aromatic rings. The number of benzene rings is 1. The van der Waals surface area contributed by atoms with Crippen molar-refractivity contribution in [2.75, 3.05) is 0 Å². The summed E-state index contributed by atoms with van der Waals surface area (Å²) in [7, 11) is 0. The Morgan fingerprint density at radius 1 is 1.29 bits per heavy atom. The molecule has 0 aliphatic rings. The summed E-state index contributed by atoms with van der Waals surface area (Å²) >= 11 is 0. The summed E-state index contributed by atoms with van der Waals surface area (Å²) in [5.41, 5.74) is 2.32. The number of hydrogen-bond acceptors (Lipinski definition) is 3. The van der Waals surface area contributed by atoms with Crippen LogP contribution in [0.4, 0.5) is 0 Å². The van der Waals surface area contributed by atoms with E-state index in [1.807, 2.05) is 13.8 Å². The van der Waals surface area contributed by atoms with Gasteiger partial charge in [-0.15, -0.1) is 0 Å². The summed E-state index contributed by atoms with van der Waals surface area (Å²) in [5, 5.41) is 10.3. The first kappa shape index (κ1) is 8.81. The number of carbonyl (C=O) groups excluding carboxylic acids is 1. The fraction of sp³-hybridized carbons (Fsp3) is 0.182. The molecule has 1 N–H and O–H groups in total. The van der Waals surface area contributed by atoms with Crippen LogP contribution < -0.4 is 0 Å². The van der Waals surface area contributed by atoms with E-state index in [9.17, 15) is 9.90 Å². The van der Waals surface area contributed by atoms with Crippen molar-refractivity contribution in [1.29, 1.82) is 0 Å². The van der Waals surface area contributed by atoms with E-state index >= 15 is 0 Å². The van der Waals surface area contributed by atoms with E-state index in [4.69, 9.17) is 4.42 Å². The van der Waals surface area contributed by atoms with Gasteiger partial charge in [-0.05, 0) is 37.1 Å². The van der Waals surface area contributed by atoms with Crippen LogP contribution >= 0.6 is 0 Å². The Kier molecular flexibility index (Phi) is 1.81. The largest absolute Gasteiger partial charge is 0.508 e. The van der Waals surface area contributed by atoms with Crippen molar-refractivity contribution in [1.82, 2.24) is 0 Å². The Hall–Kier alpha value is -1.77. The van der Waals surface area contributed by atoms with Gasteiger partial charge < -0.3 is 9.52 Å². The average molecular weight is 190 g/mol. The van der Waals surface area contributed by atoms with Gasteiger partial charge in [0.1, 0.15) is 11.3 Å². The lowest BCUT2D eigenvalue weighted by atomic mass is 10.1. The van der Waals surface area contributed by atoms with Gasteiger partial charge in [-0.2, -0.15) is 0 Å². The summed E-state index contributed by atoms with van der Waals surface area (Å²) in [4.78, 5) is 10.5. The number of hydrogen-bond donors (Lipinski definition) is 1. The Morgan fingerprint density at radius 2 is 2.00 bits per heavy atom. The molecule has 0 spiro atoms. The van der Waals surface area contributed by atoms with Crippen LogP contribution in [0.2, 0.25) is 0 Å². The molecule has 0 fully saturated rings. The number of carbonyl (C=O) groups is 1. The predicted molar refractivity (Wildman–Crippen MR) is 52.7 cm³/mol. The molecule has 2 rings (SSSR count). The number of aldehydes is 1. The number of fused-ring (bicyclic) bond motifs is 1. The van der Waals surface area contributed by atoms with Gasteiger partial charge in [0.15, 0.2) is 12.0 Å². The molecule has 1 aromatic carbocycles. The van der Waals surface area contributed by atoms with Crippen LogP contribution in [-0.2, 0) is 0 Å². The Morgan fingerprint density at radius 3 is 2.64 bits per heavy atom. The standard InChI is InChI=1S/C11H10O3/c1-6-7(2)11-8(4-10(6)13)3-9(5-12)14-11/h3-5,13H,1-2H3. The van der Waals surface area contributed by atoms with Crippen LogP contribution in [0.15, 0.2) is 16.5 Å². The van der Waals surface area contributed by atoms with Gasteiger partial charge in [0.2, 0.25) is 0 Å². The van der Waals surface area contributed by atoms with E-state index in [0.717, 1.165) is 16.5 Å². The highest BCUT2D eigenvalue weighted by atomic mass is 16.3. The topological polar surface area (TPSA) is 50.4 Å². The summed E-state index contributed by atoms with van der Waals surface area (Å²) < 4.78 is 5.30. The number of rotatable bonds is 1. The van der Waals surface area contributed by atoms with Gasteiger partial charge >= 0.3 is 0 Å². The van der Waals surface area contributed by atoms with Crippen molar-refractivity contribution in [3.05, 3.63) is 29.0 Å². The number of phenols is 1. The summed E-state index contributed by atoms with van der Waals surface area (Å²) in [5.74, 6) is 0.515. The normalized spacial score (nSPS) is 10.7. The van der Waals surface area contributed by atoms with Crippen LogP contribution in [0, 0.1) is 13.8 Å². The molecule has 0 radical (unpaired) electrons. The lowest BCUT2D eigenvalue weighted by Gasteiger charge is -2.02. The average Bonchev–Trinajstić information content (AvgIpc) is 2.57. The molecule has 3 nitrogen and oxygen atoms in total. The first-order valence-electron chi connectivity index (χ1n) is 4.31. The summed E-state index contributed by atoms with van der Waals surface area (Å²) in [6.45, 7) is 3.67. The second kappa shape index (κ2) is 2.87. The second-order valence-corrected chi connectivity index (χ2v) is 3.33. The highest BCUT2D eigenvalue weighted by Crippen LogP contribution is 2.30. The molecule has 72 valence electrons. The number of aryl methyl sites for hydroxylation is 1. The monoisotopic (exact) mass is 190 g/mol. The third kappa shape index (κ3) is 1.09. The second-order valence-electron chi connectivity index (χ2n) is 3.33. The molecule has 0 amide bonds. The molecule has 0 saturated carbocycles. The SMILES string of the molecule is Cc1c(O)cc2cc(C=O)oc2c1C. The van der Waals surface area contributed by atoms with Gasteiger partial charge in [0, 0.05) is 5.39 Å². The summed E-state index contributed by atoms with van der Waals surface area (Å²) in [6, 6.07) is 3.22. The van der Waals surface area contributed by atoms with Crippen molar-refractivity contribution in [3.63, 3.8) is 0 Å². The lowest BCUT2D eigenvalue weighted by Crippen LogP contribution is -1.81. The maximum absolute atomic E-state index is 10.5. The Bertz CT molecular complexity index is 509. The zero-order valence-electron chi connectivity index (χ0n) is 8.00. The first-order chi connectivity index (χ1) is 6.63. The molecule has 14 heavy (non-hydrogen) atoms. The quantitative estimate of drug-likeness (QED) is 0.703. The molecule has 1 heterocycles. The smallest absolute Gasteiger partial charge is 0.185 e. The van der Waals surface area contributed by atoms with Gasteiger partial charge in [-0.3, -0.25) is 4.79 Å². The fourth-order valence-electron chi connectivity index (χ4n) is 1.50. The zero-order chi connectivity index (χ0) is 10.3. The van der Waals surface area contributed by atoms with Gasteiger partial charge in [-0.25, -0.2) is 0 Å². The van der Waals surface area contributed by atoms with E-state index in [1.54, 1.807) is 12.1 Å². The van der Waals surface area contributed by atoms with Crippen LogP contribution in [0.3, 0.4) is 0 Å². The molecule has 0 unspecified atom stereocenters. The third-order valence-corrected chi connectivity index (χ3v) is 2.48. The van der Waals surface area contributed by atoms with Gasteiger partial charge in [0.25, 0.3) is 0 Å². The zero-order valence-corrected chi connectivity index (χ0v) is 8.00. The van der Waals surface area contributed by atoms with Crippen molar-refractivity contribution in [2.45, 2.75) is 13.8 Å². The Balaban J connectivity index is 2.87. The van der Waals surface area contributed by atoms with Gasteiger partial charge in [0.05, 0.1) is 0 Å². The van der Waals surface area contributed by atoms with Crippen molar-refractivity contribution < 1.29 is 14.3 Å². The van der Waals surface area contributed by atoms with Crippen molar-refractivity contribution >= 4 is 17.3 Å². The minimum absolute atomic E-state index is 0.230. The van der Waals surface area contributed by atoms with Gasteiger partial charge in [-0.1, -0.05) is 0 Å². The highest BCUT2D eigenvalue weighted by molar-refractivity contribution is 5.88. The molecular weight excluding hydrogens is 180 g/mol. The number of aromatic hydroxyl groups is 1. The molecule has 3 heteroatoms. The molecular formula is C11H10O3. The van der Waals surface area contributed by atoms with Crippen LogP contribution in [0.25, 0.3) is 11.0 Å². The van der Waals surface area contributed by atoms with E-state index < -0.39 is 0 Å². The minimum Gasteiger partial charge on any atom is -0.508 e. The maximum atomic E-state index is 10.5. The Labute approximate surface area is 81.0 Å². The van der Waals surface area contributed by atoms with E-state index in [0.29, 0.717) is 11.9 Å². The summed E-state index contributed by atoms with van der Waals surface area (Å²) in [6.07, 6.45) is 0.659. The van der Waals surface area contributed by atoms with Crippen LogP contribution in [0.5, 0.6) is 5.75 Å².